The maximum atomic E-state index is 15.0. The van der Waals surface area contributed by atoms with Crippen LogP contribution in [0.15, 0.2) is 65.2 Å². The van der Waals surface area contributed by atoms with Crippen LogP contribution in [-0.4, -0.2) is 65.4 Å². The summed E-state index contributed by atoms with van der Waals surface area (Å²) in [4.78, 5) is 30.4. The lowest BCUT2D eigenvalue weighted by molar-refractivity contribution is 0.0131. The number of amides is 2. The predicted octanol–water partition coefficient (Wildman–Crippen LogP) is 7.29. The van der Waals surface area contributed by atoms with Crippen LogP contribution in [0.2, 0.25) is 5.02 Å². The highest BCUT2D eigenvalue weighted by atomic mass is 35.5. The number of benzene rings is 2. The third-order valence-electron chi connectivity index (χ3n) is 13.3. The van der Waals surface area contributed by atoms with Crippen LogP contribution in [0.5, 0.6) is 5.75 Å². The van der Waals surface area contributed by atoms with Gasteiger partial charge in [-0.3, -0.25) is 14.3 Å². The minimum Gasteiger partial charge on any atom is -0.490 e. The summed E-state index contributed by atoms with van der Waals surface area (Å²) < 4.78 is 42.6. The lowest BCUT2D eigenvalue weighted by Gasteiger charge is -2.46. The van der Waals surface area contributed by atoms with Gasteiger partial charge in [0.05, 0.1) is 42.4 Å². The largest absolute Gasteiger partial charge is 0.490 e. The summed E-state index contributed by atoms with van der Waals surface area (Å²) >= 11 is 6.56. The van der Waals surface area contributed by atoms with E-state index in [1.807, 2.05) is 29.7 Å². The van der Waals surface area contributed by atoms with E-state index in [0.29, 0.717) is 67.6 Å². The number of allylic oxidation sites excluding steroid dienone is 1. The maximum Gasteiger partial charge on any atom is 0.286 e. The van der Waals surface area contributed by atoms with Crippen LogP contribution in [0, 0.1) is 23.7 Å². The Labute approximate surface area is 322 Å². The zero-order chi connectivity index (χ0) is 37.4. The fourth-order valence-corrected chi connectivity index (χ4v) is 11.8. The molecule has 1 spiro atoms. The quantitative estimate of drug-likeness (QED) is 0.279. The Morgan fingerprint density at radius 3 is 2.80 bits per heavy atom. The molecule has 286 valence electrons. The van der Waals surface area contributed by atoms with E-state index in [-0.39, 0.29) is 17.4 Å². The molecule has 2 amide bonds. The predicted molar refractivity (Wildman–Crippen MR) is 209 cm³/mol. The van der Waals surface area contributed by atoms with Gasteiger partial charge < -0.3 is 23.7 Å². The number of halogens is 1. The summed E-state index contributed by atoms with van der Waals surface area (Å²) in [5, 5.41) is 0.119. The minimum absolute atomic E-state index is 0.0629. The van der Waals surface area contributed by atoms with Crippen LogP contribution in [0.4, 0.5) is 5.69 Å². The number of rotatable bonds is 3. The van der Waals surface area contributed by atoms with Crippen molar-refractivity contribution in [3.63, 3.8) is 0 Å². The van der Waals surface area contributed by atoms with Gasteiger partial charge in [0, 0.05) is 54.6 Å². The Kier molecular flexibility index (Phi) is 9.23. The van der Waals surface area contributed by atoms with Crippen molar-refractivity contribution in [3.8, 4) is 5.75 Å². The van der Waals surface area contributed by atoms with Gasteiger partial charge in [-0.05, 0) is 116 Å². The third kappa shape index (κ3) is 6.38. The van der Waals surface area contributed by atoms with Crippen molar-refractivity contribution < 1.29 is 28.0 Å². The van der Waals surface area contributed by atoms with E-state index < -0.39 is 27.0 Å². The first-order valence-corrected chi connectivity index (χ1v) is 21.4. The van der Waals surface area contributed by atoms with Gasteiger partial charge in [0.25, 0.3) is 11.8 Å². The molecule has 2 fully saturated rings. The van der Waals surface area contributed by atoms with E-state index in [0.717, 1.165) is 54.5 Å². The zero-order valence-electron chi connectivity index (χ0n) is 31.2. The number of nitrogens with zero attached hydrogens (tertiary/aromatic N) is 3. The van der Waals surface area contributed by atoms with Crippen molar-refractivity contribution in [2.45, 2.75) is 81.8 Å². The number of fused-ring (bicyclic) bond motifs is 7. The highest BCUT2D eigenvalue weighted by molar-refractivity contribution is 7.93. The summed E-state index contributed by atoms with van der Waals surface area (Å²) in [7, 11) is -1.83. The van der Waals surface area contributed by atoms with Gasteiger partial charge in [0.15, 0.2) is 0 Å². The number of carbonyl (C=O) groups excluding carboxylic acids is 2. The molecule has 9 rings (SSSR count). The van der Waals surface area contributed by atoms with Gasteiger partial charge >= 0.3 is 0 Å². The van der Waals surface area contributed by atoms with Crippen LogP contribution < -0.4 is 14.4 Å². The Morgan fingerprint density at radius 1 is 1.13 bits per heavy atom. The highest BCUT2D eigenvalue weighted by Gasteiger charge is 2.54. The normalized spacial score (nSPS) is 34.8. The van der Waals surface area contributed by atoms with Gasteiger partial charge in [0.2, 0.25) is 0 Å². The average Bonchev–Trinajstić information content (AvgIpc) is 3.83. The molecule has 10 nitrogen and oxygen atoms in total. The summed E-state index contributed by atoms with van der Waals surface area (Å²) in [6.07, 6.45) is 10.9. The van der Waals surface area contributed by atoms with E-state index in [4.69, 9.17) is 25.8 Å². The Balaban J connectivity index is 1.12. The standard InChI is InChI=1S/C42H49ClN4O6S/c1-25-5-4-6-38(51-3)33-10-7-28(33)20-47-23-42(19-29-16-34(29)35-18-31(43)9-11-36(35)42)24-53-39-12-8-27(17-37(39)47)40(48)44-54(50,26(25)2)45-41(49)30-15-32-22-52-14-13-46(32)21-30/h4,6,8-9,11-12,15,17-18,21,25-26,28-29,33-34,38H,5,7,10,13-14,16,19-20,22-24H2,1-3H3,(H,44,45,48,49,50)/b6-4+. The summed E-state index contributed by atoms with van der Waals surface area (Å²) in [6.45, 7) is 7.43. The second kappa shape index (κ2) is 13.8. The Morgan fingerprint density at radius 2 is 2.00 bits per heavy atom. The fourth-order valence-electron chi connectivity index (χ4n) is 9.75. The van der Waals surface area contributed by atoms with Crippen LogP contribution in [-0.2, 0) is 38.0 Å². The smallest absolute Gasteiger partial charge is 0.286 e. The molecule has 4 heterocycles. The fraction of sp³-hybridized carbons (Fsp3) is 0.524. The molecule has 9 unspecified atom stereocenters. The molecule has 2 saturated carbocycles. The second-order valence-electron chi connectivity index (χ2n) is 16.6. The third-order valence-corrected chi connectivity index (χ3v) is 15.9. The zero-order valence-corrected chi connectivity index (χ0v) is 32.7. The molecule has 9 atom stereocenters. The molecule has 6 aliphatic rings. The molecule has 2 aromatic carbocycles. The maximum absolute atomic E-state index is 15.0. The number of carbonyl (C=O) groups is 2. The Hall–Kier alpha value is -3.64. The number of methoxy groups -OCH3 is 1. The average molecular weight is 773 g/mol. The molecule has 2 bridgehead atoms. The van der Waals surface area contributed by atoms with Crippen molar-refractivity contribution in [2.24, 2.45) is 28.0 Å². The van der Waals surface area contributed by atoms with Crippen LogP contribution in [0.25, 0.3) is 0 Å². The van der Waals surface area contributed by atoms with E-state index in [1.54, 1.807) is 32.4 Å². The lowest BCUT2D eigenvalue weighted by Crippen LogP contribution is -2.49. The molecular weight excluding hydrogens is 724 g/mol. The van der Waals surface area contributed by atoms with Gasteiger partial charge in [-0.25, -0.2) is 4.21 Å². The van der Waals surface area contributed by atoms with Crippen LogP contribution >= 0.6 is 11.6 Å². The van der Waals surface area contributed by atoms with Crippen LogP contribution in [0.3, 0.4) is 0 Å². The van der Waals surface area contributed by atoms with E-state index in [2.05, 4.69) is 38.3 Å². The first kappa shape index (κ1) is 36.0. The molecular formula is C42H49ClN4O6S. The molecule has 3 aliphatic carbocycles. The van der Waals surface area contributed by atoms with Crippen LogP contribution in [0.1, 0.15) is 89.4 Å². The molecule has 0 saturated heterocycles. The van der Waals surface area contributed by atoms with Gasteiger partial charge in [-0.2, -0.15) is 0 Å². The molecule has 3 aromatic rings. The van der Waals surface area contributed by atoms with Crippen molar-refractivity contribution in [2.75, 3.05) is 38.3 Å². The van der Waals surface area contributed by atoms with Crippen molar-refractivity contribution >= 4 is 39.0 Å². The minimum atomic E-state index is -3.61. The second-order valence-corrected chi connectivity index (χ2v) is 19.3. The number of ether oxygens (including phenoxy) is 3. The van der Waals surface area contributed by atoms with Crippen molar-refractivity contribution in [1.29, 1.82) is 0 Å². The monoisotopic (exact) mass is 772 g/mol. The summed E-state index contributed by atoms with van der Waals surface area (Å²) in [5.74, 6) is 1.26. The molecule has 3 aliphatic heterocycles. The molecule has 54 heavy (non-hydrogen) atoms. The van der Waals surface area contributed by atoms with E-state index in [1.165, 1.54) is 17.5 Å². The molecule has 0 radical (unpaired) electrons. The number of anilines is 1. The number of aromatic nitrogens is 1. The molecule has 12 heteroatoms. The van der Waals surface area contributed by atoms with Gasteiger partial charge in [0.1, 0.15) is 15.7 Å². The Bertz CT molecular complexity index is 2140. The summed E-state index contributed by atoms with van der Waals surface area (Å²) in [6, 6.07) is 13.5. The highest BCUT2D eigenvalue weighted by Crippen LogP contribution is 2.61. The van der Waals surface area contributed by atoms with E-state index >= 15 is 4.21 Å². The van der Waals surface area contributed by atoms with Gasteiger partial charge in [-0.1, -0.05) is 36.7 Å². The number of nitrogens with one attached hydrogen (secondary N) is 1. The number of hydrogen-bond acceptors (Lipinski definition) is 7. The SMILES string of the molecule is COC1/C=C/CC(C)C(C)S(=O)(NC(=O)c2cc3n(c2)CCOC3)=NC(=O)c2ccc3c(c2)N(CC2CCC21)CC1(CO3)CC2CC2c2cc(Cl)ccc21. The van der Waals surface area contributed by atoms with Gasteiger partial charge in [-0.15, -0.1) is 4.36 Å². The van der Waals surface area contributed by atoms with Crippen molar-refractivity contribution in [3.05, 3.63) is 93.8 Å². The first-order valence-electron chi connectivity index (χ1n) is 19.4. The molecule has 1 aromatic heterocycles. The molecule has 1 N–H and O–H groups in total. The summed E-state index contributed by atoms with van der Waals surface area (Å²) in [5.41, 5.74) is 4.79. The topological polar surface area (TPSA) is 111 Å². The van der Waals surface area contributed by atoms with Crippen molar-refractivity contribution in [1.82, 2.24) is 9.29 Å². The lowest BCUT2D eigenvalue weighted by atomic mass is 9.68. The van der Waals surface area contributed by atoms with E-state index in [9.17, 15) is 9.59 Å². The first-order chi connectivity index (χ1) is 26.0. The number of hydrogen-bond donors (Lipinski definition) is 1.